The lowest BCUT2D eigenvalue weighted by Crippen LogP contribution is -2.42. The summed E-state index contributed by atoms with van der Waals surface area (Å²) in [4.78, 5) is 27.6. The molecule has 2 heterocycles. The van der Waals surface area contributed by atoms with Crippen LogP contribution in [-0.4, -0.2) is 45.4 Å². The SMILES string of the molecule is CN1C(=O)[C@@](C)(C[C@H]2CCC[C@@H](Nc3cnc4ccccc4n3)C2)N=C1N. The molecule has 1 aliphatic carbocycles. The van der Waals surface area contributed by atoms with Crippen molar-refractivity contribution in [3.8, 4) is 0 Å². The number of nitrogens with two attached hydrogens (primary N) is 1. The van der Waals surface area contributed by atoms with Crippen LogP contribution in [0.2, 0.25) is 0 Å². The van der Waals surface area contributed by atoms with Crippen molar-refractivity contribution < 1.29 is 4.79 Å². The number of para-hydroxylation sites is 2. The Morgan fingerprint density at radius 1 is 1.30 bits per heavy atom. The highest BCUT2D eigenvalue weighted by atomic mass is 16.2. The van der Waals surface area contributed by atoms with Crippen LogP contribution in [0.5, 0.6) is 0 Å². The van der Waals surface area contributed by atoms with Gasteiger partial charge in [-0.3, -0.25) is 14.7 Å². The van der Waals surface area contributed by atoms with Crippen LogP contribution in [0.15, 0.2) is 35.5 Å². The molecule has 27 heavy (non-hydrogen) atoms. The van der Waals surface area contributed by atoms with Crippen molar-refractivity contribution in [3.05, 3.63) is 30.5 Å². The minimum absolute atomic E-state index is 0.00419. The molecule has 0 unspecified atom stereocenters. The van der Waals surface area contributed by atoms with Gasteiger partial charge in [-0.1, -0.05) is 25.0 Å². The fourth-order valence-electron chi connectivity index (χ4n) is 4.38. The number of amides is 1. The molecule has 0 radical (unpaired) electrons. The number of carbonyl (C=O) groups is 1. The molecule has 7 nitrogen and oxygen atoms in total. The second-order valence-corrected chi connectivity index (χ2v) is 7.93. The number of fused-ring (bicyclic) bond motifs is 1. The Kier molecular flexibility index (Phi) is 4.45. The van der Waals surface area contributed by atoms with Crippen LogP contribution >= 0.6 is 0 Å². The van der Waals surface area contributed by atoms with Crippen molar-refractivity contribution in [3.63, 3.8) is 0 Å². The maximum atomic E-state index is 12.5. The number of benzene rings is 1. The van der Waals surface area contributed by atoms with E-state index in [-0.39, 0.29) is 5.91 Å². The highest BCUT2D eigenvalue weighted by molar-refractivity contribution is 6.06. The van der Waals surface area contributed by atoms with E-state index in [0.29, 0.717) is 17.9 Å². The highest BCUT2D eigenvalue weighted by Crippen LogP contribution is 2.36. The number of aliphatic imine (C=N–C) groups is 1. The lowest BCUT2D eigenvalue weighted by Gasteiger charge is -2.33. The number of guanidine groups is 1. The van der Waals surface area contributed by atoms with Gasteiger partial charge in [0.1, 0.15) is 11.4 Å². The van der Waals surface area contributed by atoms with Crippen LogP contribution in [0.1, 0.15) is 39.0 Å². The van der Waals surface area contributed by atoms with Gasteiger partial charge in [-0.2, -0.15) is 0 Å². The van der Waals surface area contributed by atoms with Gasteiger partial charge in [-0.15, -0.1) is 0 Å². The maximum Gasteiger partial charge on any atom is 0.256 e. The quantitative estimate of drug-likeness (QED) is 0.867. The third kappa shape index (κ3) is 3.46. The number of nitrogens with zero attached hydrogens (tertiary/aromatic N) is 4. The Morgan fingerprint density at radius 3 is 2.81 bits per heavy atom. The Labute approximate surface area is 159 Å². The summed E-state index contributed by atoms with van der Waals surface area (Å²) in [7, 11) is 1.69. The molecule has 1 aromatic heterocycles. The first-order chi connectivity index (χ1) is 12.9. The summed E-state index contributed by atoms with van der Waals surface area (Å²) in [5.74, 6) is 1.56. The number of likely N-dealkylation sites (N-methyl/N-ethyl adjacent to an activating group) is 1. The van der Waals surface area contributed by atoms with Crippen molar-refractivity contribution in [2.24, 2.45) is 16.6 Å². The van der Waals surface area contributed by atoms with E-state index in [2.05, 4.69) is 20.3 Å². The monoisotopic (exact) mass is 366 g/mol. The number of hydrogen-bond acceptors (Lipinski definition) is 6. The summed E-state index contributed by atoms with van der Waals surface area (Å²) >= 11 is 0. The van der Waals surface area contributed by atoms with Gasteiger partial charge in [-0.25, -0.2) is 9.98 Å². The maximum absolute atomic E-state index is 12.5. The van der Waals surface area contributed by atoms with Crippen molar-refractivity contribution in [2.75, 3.05) is 12.4 Å². The standard InChI is InChI=1S/C20H26N6O/c1-20(18(27)26(2)19(21)25-20)11-13-6-5-7-14(10-13)23-17-12-22-15-8-3-4-9-16(15)24-17/h3-4,8-9,12-14H,5-7,10-11H2,1-2H3,(H2,21,25)(H,23,24)/t13-,14+,20+/m0/s1. The molecule has 2 aromatic rings. The summed E-state index contributed by atoms with van der Waals surface area (Å²) in [6, 6.07) is 8.21. The molecule has 0 spiro atoms. The average molecular weight is 366 g/mol. The number of nitrogens with one attached hydrogen (secondary N) is 1. The number of anilines is 1. The summed E-state index contributed by atoms with van der Waals surface area (Å²) in [5, 5.41) is 3.54. The predicted molar refractivity (Wildman–Crippen MR) is 106 cm³/mol. The lowest BCUT2D eigenvalue weighted by molar-refractivity contribution is -0.130. The van der Waals surface area contributed by atoms with Gasteiger partial charge in [0.25, 0.3) is 5.91 Å². The Balaban J connectivity index is 1.43. The van der Waals surface area contributed by atoms with E-state index in [1.54, 1.807) is 13.2 Å². The van der Waals surface area contributed by atoms with E-state index in [0.717, 1.165) is 49.0 Å². The van der Waals surface area contributed by atoms with E-state index < -0.39 is 5.54 Å². The summed E-state index contributed by atoms with van der Waals surface area (Å²) < 4.78 is 0. The van der Waals surface area contributed by atoms with Gasteiger partial charge in [0.05, 0.1) is 17.2 Å². The van der Waals surface area contributed by atoms with Crippen molar-refractivity contribution in [2.45, 2.75) is 50.6 Å². The van der Waals surface area contributed by atoms with Gasteiger partial charge in [0.2, 0.25) is 0 Å². The summed E-state index contributed by atoms with van der Waals surface area (Å²) in [6.45, 7) is 1.90. The van der Waals surface area contributed by atoms with E-state index in [1.165, 1.54) is 4.90 Å². The molecule has 1 aliphatic heterocycles. The van der Waals surface area contributed by atoms with Crippen LogP contribution < -0.4 is 11.1 Å². The van der Waals surface area contributed by atoms with E-state index in [1.807, 2.05) is 31.2 Å². The smallest absolute Gasteiger partial charge is 0.256 e. The van der Waals surface area contributed by atoms with Gasteiger partial charge < -0.3 is 11.1 Å². The first-order valence-electron chi connectivity index (χ1n) is 9.56. The Hall–Kier alpha value is -2.70. The van der Waals surface area contributed by atoms with Crippen LogP contribution in [0.25, 0.3) is 11.0 Å². The van der Waals surface area contributed by atoms with E-state index >= 15 is 0 Å². The molecule has 1 amide bonds. The van der Waals surface area contributed by atoms with Crippen molar-refractivity contribution >= 4 is 28.7 Å². The molecule has 3 atom stereocenters. The molecule has 0 saturated heterocycles. The number of rotatable bonds is 4. The molecular weight excluding hydrogens is 340 g/mol. The fraction of sp³-hybridized carbons (Fsp3) is 0.500. The summed E-state index contributed by atoms with van der Waals surface area (Å²) in [5.41, 5.74) is 6.92. The first kappa shape index (κ1) is 17.7. The normalized spacial score (nSPS) is 28.4. The Morgan fingerprint density at radius 2 is 2.07 bits per heavy atom. The second kappa shape index (κ2) is 6.79. The molecule has 4 rings (SSSR count). The topological polar surface area (TPSA) is 96.5 Å². The largest absolute Gasteiger partial charge is 0.369 e. The average Bonchev–Trinajstić information content (AvgIpc) is 2.84. The molecule has 1 fully saturated rings. The van der Waals surface area contributed by atoms with Gasteiger partial charge in [0.15, 0.2) is 5.96 Å². The highest BCUT2D eigenvalue weighted by Gasteiger charge is 2.44. The number of aromatic nitrogens is 2. The zero-order valence-electron chi connectivity index (χ0n) is 15.9. The van der Waals surface area contributed by atoms with Crippen LogP contribution in [0, 0.1) is 5.92 Å². The van der Waals surface area contributed by atoms with Crippen molar-refractivity contribution in [1.29, 1.82) is 0 Å². The van der Waals surface area contributed by atoms with E-state index in [9.17, 15) is 4.79 Å². The third-order valence-electron chi connectivity index (χ3n) is 5.74. The molecular formula is C20H26N6O. The molecule has 1 aromatic carbocycles. The van der Waals surface area contributed by atoms with Crippen LogP contribution in [-0.2, 0) is 4.79 Å². The zero-order valence-corrected chi connectivity index (χ0v) is 15.9. The fourth-order valence-corrected chi connectivity index (χ4v) is 4.38. The van der Waals surface area contributed by atoms with Gasteiger partial charge in [-0.05, 0) is 44.2 Å². The van der Waals surface area contributed by atoms with Crippen LogP contribution in [0.4, 0.5) is 5.82 Å². The summed E-state index contributed by atoms with van der Waals surface area (Å²) in [6.07, 6.45) is 6.87. The van der Waals surface area contributed by atoms with Crippen molar-refractivity contribution in [1.82, 2.24) is 14.9 Å². The van der Waals surface area contributed by atoms with Crippen LogP contribution in [0.3, 0.4) is 0 Å². The first-order valence-corrected chi connectivity index (χ1v) is 9.56. The second-order valence-electron chi connectivity index (χ2n) is 7.93. The predicted octanol–water partition coefficient (Wildman–Crippen LogP) is 2.54. The molecule has 1 saturated carbocycles. The minimum Gasteiger partial charge on any atom is -0.369 e. The molecule has 3 N–H and O–H groups in total. The Bertz CT molecular complexity index is 897. The molecule has 2 aliphatic rings. The van der Waals surface area contributed by atoms with Gasteiger partial charge in [0, 0.05) is 13.1 Å². The number of carbonyl (C=O) groups excluding carboxylic acids is 1. The lowest BCUT2D eigenvalue weighted by atomic mass is 9.78. The van der Waals surface area contributed by atoms with Gasteiger partial charge >= 0.3 is 0 Å². The van der Waals surface area contributed by atoms with E-state index in [4.69, 9.17) is 5.73 Å². The minimum atomic E-state index is -0.728. The zero-order chi connectivity index (χ0) is 19.0. The molecule has 7 heteroatoms. The molecule has 142 valence electrons. The molecule has 0 bridgehead atoms. The third-order valence-corrected chi connectivity index (χ3v) is 5.74. The number of hydrogen-bond donors (Lipinski definition) is 2.